The van der Waals surface area contributed by atoms with Crippen molar-refractivity contribution in [3.63, 3.8) is 0 Å². The highest BCUT2D eigenvalue weighted by Gasteiger charge is 2.19. The van der Waals surface area contributed by atoms with Gasteiger partial charge < -0.3 is 13.9 Å². The third-order valence-corrected chi connectivity index (χ3v) is 4.54. The zero-order valence-electron chi connectivity index (χ0n) is 17.7. The van der Waals surface area contributed by atoms with E-state index in [1.54, 1.807) is 0 Å². The van der Waals surface area contributed by atoms with Crippen molar-refractivity contribution >= 4 is 11.9 Å². The Morgan fingerprint density at radius 3 is 1.87 bits per heavy atom. The van der Waals surface area contributed by atoms with E-state index in [0.29, 0.717) is 31.3 Å². The van der Waals surface area contributed by atoms with Gasteiger partial charge >= 0.3 is 11.9 Å². The Hall–Kier alpha value is -3.45. The number of hydrogen-bond acceptors (Lipinski definition) is 7. The summed E-state index contributed by atoms with van der Waals surface area (Å²) in [6.07, 6.45) is 0. The normalized spacial score (nSPS) is 10.8. The largest absolute Gasteiger partial charge is 0.465 e. The highest BCUT2D eigenvalue weighted by Crippen LogP contribution is 2.32. The maximum Gasteiger partial charge on any atom is 0.302 e. The molecule has 1 heterocycles. The molecule has 0 fully saturated rings. The molecule has 7 nitrogen and oxygen atoms in total. The molecule has 7 heteroatoms. The number of esters is 2. The topological polar surface area (TPSA) is 81.9 Å². The van der Waals surface area contributed by atoms with E-state index < -0.39 is 0 Å². The standard InChI is InChI=1S/C24H26N2O5/c1-18(27)29-15-13-26(14-16-30-19(2)28)17-22-25-23(20-9-5-3-6-10-20)24(31-22)21-11-7-4-8-12-21/h3-12H,13-17H2,1-2H3. The average molecular weight is 422 g/mol. The van der Waals surface area contributed by atoms with Gasteiger partial charge in [-0.2, -0.15) is 0 Å². The summed E-state index contributed by atoms with van der Waals surface area (Å²) in [4.78, 5) is 28.9. The molecule has 3 rings (SSSR count). The lowest BCUT2D eigenvalue weighted by Gasteiger charge is -2.20. The third-order valence-electron chi connectivity index (χ3n) is 4.54. The van der Waals surface area contributed by atoms with Gasteiger partial charge in [0.05, 0.1) is 6.54 Å². The maximum atomic E-state index is 11.1. The van der Waals surface area contributed by atoms with Crippen LogP contribution in [0, 0.1) is 0 Å². The molecule has 0 aliphatic rings. The number of ether oxygens (including phenoxy) is 2. The number of aromatic nitrogens is 1. The van der Waals surface area contributed by atoms with Crippen molar-refractivity contribution in [2.75, 3.05) is 26.3 Å². The van der Waals surface area contributed by atoms with Gasteiger partial charge in [-0.1, -0.05) is 60.7 Å². The molecule has 31 heavy (non-hydrogen) atoms. The molecule has 0 unspecified atom stereocenters. The highest BCUT2D eigenvalue weighted by atomic mass is 16.5. The Kier molecular flexibility index (Phi) is 7.95. The molecule has 0 radical (unpaired) electrons. The zero-order valence-corrected chi connectivity index (χ0v) is 17.7. The molecule has 0 aliphatic heterocycles. The number of benzene rings is 2. The van der Waals surface area contributed by atoms with Crippen LogP contribution < -0.4 is 0 Å². The molecule has 0 saturated heterocycles. The molecule has 0 atom stereocenters. The van der Waals surface area contributed by atoms with Gasteiger partial charge in [0.25, 0.3) is 0 Å². The minimum atomic E-state index is -0.339. The first-order valence-electron chi connectivity index (χ1n) is 10.1. The second kappa shape index (κ2) is 11.1. The second-order valence-electron chi connectivity index (χ2n) is 6.97. The molecular weight excluding hydrogens is 396 g/mol. The van der Waals surface area contributed by atoms with Gasteiger partial charge in [-0.05, 0) is 0 Å². The summed E-state index contributed by atoms with van der Waals surface area (Å²) in [5, 5.41) is 0. The summed E-state index contributed by atoms with van der Waals surface area (Å²) < 4.78 is 16.3. The number of oxazole rings is 1. The van der Waals surface area contributed by atoms with Crippen molar-refractivity contribution in [1.82, 2.24) is 9.88 Å². The van der Waals surface area contributed by atoms with Crippen LogP contribution in [-0.2, 0) is 25.6 Å². The van der Waals surface area contributed by atoms with E-state index in [2.05, 4.69) is 0 Å². The lowest BCUT2D eigenvalue weighted by molar-refractivity contribution is -0.141. The lowest BCUT2D eigenvalue weighted by atomic mass is 10.1. The second-order valence-corrected chi connectivity index (χ2v) is 6.97. The molecule has 0 N–H and O–H groups in total. The zero-order chi connectivity index (χ0) is 22.1. The van der Waals surface area contributed by atoms with Gasteiger partial charge in [0.2, 0.25) is 5.89 Å². The van der Waals surface area contributed by atoms with Crippen molar-refractivity contribution in [3.05, 3.63) is 66.6 Å². The Morgan fingerprint density at radius 1 is 0.839 bits per heavy atom. The fraction of sp³-hybridized carbons (Fsp3) is 0.292. The molecule has 0 amide bonds. The van der Waals surface area contributed by atoms with Crippen LogP contribution in [0.5, 0.6) is 0 Å². The van der Waals surface area contributed by atoms with Crippen LogP contribution in [0.25, 0.3) is 22.6 Å². The Bertz CT molecular complexity index is 909. The maximum absolute atomic E-state index is 11.1. The monoisotopic (exact) mass is 422 g/mol. The van der Waals surface area contributed by atoms with Gasteiger partial charge in [0.15, 0.2) is 5.76 Å². The van der Waals surface area contributed by atoms with E-state index in [-0.39, 0.29) is 25.2 Å². The van der Waals surface area contributed by atoms with Crippen LogP contribution in [0.1, 0.15) is 19.7 Å². The Balaban J connectivity index is 1.83. The number of nitrogens with zero attached hydrogens (tertiary/aromatic N) is 2. The van der Waals surface area contributed by atoms with Crippen LogP contribution in [-0.4, -0.2) is 48.1 Å². The average Bonchev–Trinajstić information content (AvgIpc) is 3.18. The van der Waals surface area contributed by atoms with Crippen LogP contribution in [0.3, 0.4) is 0 Å². The molecule has 162 valence electrons. The van der Waals surface area contributed by atoms with E-state index in [0.717, 1.165) is 16.8 Å². The van der Waals surface area contributed by atoms with Gasteiger partial charge in [-0.25, -0.2) is 4.98 Å². The van der Waals surface area contributed by atoms with Gasteiger partial charge in [0.1, 0.15) is 18.9 Å². The molecule has 0 bridgehead atoms. The fourth-order valence-electron chi connectivity index (χ4n) is 3.11. The van der Waals surface area contributed by atoms with Crippen molar-refractivity contribution in [3.8, 4) is 22.6 Å². The molecule has 2 aromatic carbocycles. The molecule has 0 aliphatic carbocycles. The summed E-state index contributed by atoms with van der Waals surface area (Å²) in [5.74, 6) is 0.549. The first-order chi connectivity index (χ1) is 15.0. The summed E-state index contributed by atoms with van der Waals surface area (Å²) in [6, 6.07) is 19.7. The van der Waals surface area contributed by atoms with E-state index >= 15 is 0 Å². The van der Waals surface area contributed by atoms with Crippen molar-refractivity contribution in [1.29, 1.82) is 0 Å². The van der Waals surface area contributed by atoms with Gasteiger partial charge in [-0.15, -0.1) is 0 Å². The van der Waals surface area contributed by atoms with E-state index in [4.69, 9.17) is 18.9 Å². The van der Waals surface area contributed by atoms with Crippen molar-refractivity contribution in [2.45, 2.75) is 20.4 Å². The first-order valence-corrected chi connectivity index (χ1v) is 10.1. The van der Waals surface area contributed by atoms with Gasteiger partial charge in [0, 0.05) is 38.1 Å². The molecule has 1 aromatic heterocycles. The summed E-state index contributed by atoms with van der Waals surface area (Å²) in [7, 11) is 0. The lowest BCUT2D eigenvalue weighted by Crippen LogP contribution is -2.31. The predicted octanol–water partition coefficient (Wildman–Crippen LogP) is 3.94. The summed E-state index contributed by atoms with van der Waals surface area (Å²) in [6.45, 7) is 4.51. The summed E-state index contributed by atoms with van der Waals surface area (Å²) >= 11 is 0. The quantitative estimate of drug-likeness (QED) is 0.458. The first kappa shape index (κ1) is 22.2. The number of hydrogen-bond donors (Lipinski definition) is 0. The fourth-order valence-corrected chi connectivity index (χ4v) is 3.11. The van der Waals surface area contributed by atoms with Crippen LogP contribution in [0.2, 0.25) is 0 Å². The Morgan fingerprint density at radius 2 is 1.35 bits per heavy atom. The molecule has 0 spiro atoms. The van der Waals surface area contributed by atoms with Crippen LogP contribution >= 0.6 is 0 Å². The van der Waals surface area contributed by atoms with Gasteiger partial charge in [-0.3, -0.25) is 14.5 Å². The number of carbonyl (C=O) groups excluding carboxylic acids is 2. The molecule has 3 aromatic rings. The van der Waals surface area contributed by atoms with E-state index in [1.807, 2.05) is 65.6 Å². The number of carbonyl (C=O) groups is 2. The van der Waals surface area contributed by atoms with Crippen molar-refractivity contribution < 1.29 is 23.5 Å². The highest BCUT2D eigenvalue weighted by molar-refractivity contribution is 5.76. The van der Waals surface area contributed by atoms with Crippen LogP contribution in [0.4, 0.5) is 0 Å². The van der Waals surface area contributed by atoms with E-state index in [9.17, 15) is 9.59 Å². The minimum Gasteiger partial charge on any atom is -0.465 e. The molecular formula is C24H26N2O5. The smallest absolute Gasteiger partial charge is 0.302 e. The molecule has 0 saturated carbocycles. The number of rotatable bonds is 10. The SMILES string of the molecule is CC(=O)OCCN(CCOC(C)=O)Cc1nc(-c2ccccc2)c(-c2ccccc2)o1. The van der Waals surface area contributed by atoms with E-state index in [1.165, 1.54) is 13.8 Å². The summed E-state index contributed by atoms with van der Waals surface area (Å²) in [5.41, 5.74) is 2.66. The Labute approximate surface area is 181 Å². The third kappa shape index (κ3) is 6.79. The van der Waals surface area contributed by atoms with Crippen LogP contribution in [0.15, 0.2) is 65.1 Å². The minimum absolute atomic E-state index is 0.229. The van der Waals surface area contributed by atoms with Crippen molar-refractivity contribution in [2.24, 2.45) is 0 Å². The predicted molar refractivity (Wildman–Crippen MR) is 116 cm³/mol.